The molecule has 0 unspecified atom stereocenters. The van der Waals surface area contributed by atoms with Crippen molar-refractivity contribution in [2.24, 2.45) is 0 Å². The van der Waals surface area contributed by atoms with E-state index in [4.69, 9.17) is 21.6 Å². The fourth-order valence-corrected chi connectivity index (χ4v) is 3.26. The lowest BCUT2D eigenvalue weighted by Crippen LogP contribution is -2.40. The molecule has 1 heterocycles. The summed E-state index contributed by atoms with van der Waals surface area (Å²) in [5.41, 5.74) is -0.217. The standard InChI is InChI=1S/C18H16ClN5O4/c19-11-1-6-16(24(26)27)14(9-11)17(25)23-12-2-4-13(5-3-12)28-18-15(10-20)21-7-8-22-18/h1,6-9,12-13H,2-5H2,(H,23,25). The van der Waals surface area contributed by atoms with E-state index >= 15 is 0 Å². The summed E-state index contributed by atoms with van der Waals surface area (Å²) in [6.45, 7) is 0. The van der Waals surface area contributed by atoms with Crippen molar-refractivity contribution in [1.82, 2.24) is 15.3 Å². The van der Waals surface area contributed by atoms with Crippen molar-refractivity contribution >= 4 is 23.2 Å². The molecule has 0 spiro atoms. The molecule has 9 nitrogen and oxygen atoms in total. The molecule has 1 fully saturated rings. The molecule has 1 aromatic heterocycles. The monoisotopic (exact) mass is 401 g/mol. The molecule has 1 amide bonds. The van der Waals surface area contributed by atoms with Gasteiger partial charge in [0.1, 0.15) is 17.7 Å². The zero-order valence-corrected chi connectivity index (χ0v) is 15.4. The van der Waals surface area contributed by atoms with E-state index in [1.807, 2.05) is 6.07 Å². The smallest absolute Gasteiger partial charge is 0.282 e. The lowest BCUT2D eigenvalue weighted by Gasteiger charge is -2.29. The van der Waals surface area contributed by atoms with Gasteiger partial charge in [-0.3, -0.25) is 14.9 Å². The minimum absolute atomic E-state index is 0.0610. The first-order valence-electron chi connectivity index (χ1n) is 8.60. The molecule has 0 bridgehead atoms. The number of carbonyl (C=O) groups excluding carboxylic acids is 1. The van der Waals surface area contributed by atoms with Crippen LogP contribution in [0.3, 0.4) is 0 Å². The molecule has 2 aromatic rings. The van der Waals surface area contributed by atoms with Crippen molar-refractivity contribution in [2.45, 2.75) is 37.8 Å². The number of nitrogens with zero attached hydrogens (tertiary/aromatic N) is 4. The third kappa shape index (κ3) is 4.53. The lowest BCUT2D eigenvalue weighted by molar-refractivity contribution is -0.385. The Labute approximate surface area is 165 Å². The van der Waals surface area contributed by atoms with Gasteiger partial charge in [0.25, 0.3) is 17.5 Å². The Kier molecular flexibility index (Phi) is 6.01. The first kappa shape index (κ1) is 19.5. The van der Waals surface area contributed by atoms with E-state index in [0.29, 0.717) is 25.7 Å². The van der Waals surface area contributed by atoms with Gasteiger partial charge in [-0.05, 0) is 37.8 Å². The Morgan fingerprint density at radius 1 is 1.29 bits per heavy atom. The van der Waals surface area contributed by atoms with Gasteiger partial charge in [-0.2, -0.15) is 5.26 Å². The Bertz CT molecular complexity index is 938. The van der Waals surface area contributed by atoms with E-state index in [1.54, 1.807) is 0 Å². The summed E-state index contributed by atoms with van der Waals surface area (Å²) in [6.07, 6.45) is 5.29. The van der Waals surface area contributed by atoms with Crippen LogP contribution in [-0.4, -0.2) is 32.9 Å². The lowest BCUT2D eigenvalue weighted by atomic mass is 9.92. The maximum atomic E-state index is 12.5. The van der Waals surface area contributed by atoms with Crippen molar-refractivity contribution in [2.75, 3.05) is 0 Å². The molecule has 1 N–H and O–H groups in total. The molecule has 144 valence electrons. The normalized spacial score (nSPS) is 18.7. The molecule has 1 saturated carbocycles. The summed E-state index contributed by atoms with van der Waals surface area (Å²) < 4.78 is 5.77. The number of ether oxygens (including phenoxy) is 1. The maximum absolute atomic E-state index is 12.5. The summed E-state index contributed by atoms with van der Waals surface area (Å²) in [5, 5.41) is 23.3. The maximum Gasteiger partial charge on any atom is 0.282 e. The number of rotatable bonds is 5. The second-order valence-corrected chi connectivity index (χ2v) is 6.74. The van der Waals surface area contributed by atoms with E-state index in [-0.39, 0.29) is 40.0 Å². The van der Waals surface area contributed by atoms with Crippen LogP contribution in [0.25, 0.3) is 0 Å². The highest BCUT2D eigenvalue weighted by Gasteiger charge is 2.27. The fraction of sp³-hybridized carbons (Fsp3) is 0.333. The molecule has 1 aliphatic rings. The minimum atomic E-state index is -0.607. The van der Waals surface area contributed by atoms with Crippen LogP contribution in [0.2, 0.25) is 5.02 Å². The molecule has 10 heteroatoms. The number of nitriles is 1. The van der Waals surface area contributed by atoms with Crippen molar-refractivity contribution < 1.29 is 14.5 Å². The summed E-state index contributed by atoms with van der Waals surface area (Å²) in [4.78, 5) is 31.0. The number of benzene rings is 1. The van der Waals surface area contributed by atoms with Gasteiger partial charge in [0.2, 0.25) is 5.69 Å². The van der Waals surface area contributed by atoms with Gasteiger partial charge in [0, 0.05) is 29.5 Å². The number of nitro groups is 1. The van der Waals surface area contributed by atoms with Crippen LogP contribution in [0, 0.1) is 21.4 Å². The molecular weight excluding hydrogens is 386 g/mol. The van der Waals surface area contributed by atoms with Crippen LogP contribution in [0.4, 0.5) is 5.69 Å². The average Bonchev–Trinajstić information content (AvgIpc) is 2.69. The van der Waals surface area contributed by atoms with Gasteiger partial charge in [0.05, 0.1) is 4.92 Å². The Balaban J connectivity index is 1.59. The molecule has 1 aromatic carbocycles. The zero-order valence-electron chi connectivity index (χ0n) is 14.7. The summed E-state index contributed by atoms with van der Waals surface area (Å²) >= 11 is 5.88. The topological polar surface area (TPSA) is 131 Å². The molecule has 3 rings (SSSR count). The van der Waals surface area contributed by atoms with E-state index in [2.05, 4.69) is 15.3 Å². The van der Waals surface area contributed by atoms with Gasteiger partial charge in [-0.15, -0.1) is 0 Å². The van der Waals surface area contributed by atoms with E-state index in [1.165, 1.54) is 30.6 Å². The first-order chi connectivity index (χ1) is 13.5. The van der Waals surface area contributed by atoms with Crippen LogP contribution in [0.15, 0.2) is 30.6 Å². The number of nitro benzene ring substituents is 1. The van der Waals surface area contributed by atoms with Gasteiger partial charge in [-0.1, -0.05) is 11.6 Å². The van der Waals surface area contributed by atoms with Gasteiger partial charge in [0.15, 0.2) is 0 Å². The molecule has 0 saturated heterocycles. The molecule has 28 heavy (non-hydrogen) atoms. The van der Waals surface area contributed by atoms with Crippen molar-refractivity contribution in [1.29, 1.82) is 5.26 Å². The number of amides is 1. The van der Waals surface area contributed by atoms with Gasteiger partial charge < -0.3 is 10.1 Å². The van der Waals surface area contributed by atoms with Crippen LogP contribution < -0.4 is 10.1 Å². The largest absolute Gasteiger partial charge is 0.472 e. The fourth-order valence-electron chi connectivity index (χ4n) is 3.08. The third-order valence-corrected chi connectivity index (χ3v) is 4.69. The van der Waals surface area contributed by atoms with Crippen molar-refractivity contribution in [3.05, 3.63) is 57.0 Å². The Morgan fingerprint density at radius 2 is 2.00 bits per heavy atom. The number of nitrogens with one attached hydrogen (secondary N) is 1. The van der Waals surface area contributed by atoms with E-state index < -0.39 is 10.8 Å². The molecule has 0 radical (unpaired) electrons. The zero-order chi connectivity index (χ0) is 20.1. The highest BCUT2D eigenvalue weighted by atomic mass is 35.5. The highest BCUT2D eigenvalue weighted by molar-refractivity contribution is 6.31. The molecule has 0 atom stereocenters. The molecule has 0 aliphatic heterocycles. The van der Waals surface area contributed by atoms with Crippen LogP contribution >= 0.6 is 11.6 Å². The van der Waals surface area contributed by atoms with Gasteiger partial charge in [-0.25, -0.2) is 9.97 Å². The Hall–Kier alpha value is -3.25. The summed E-state index contributed by atoms with van der Waals surface area (Å²) in [6, 6.07) is 5.69. The third-order valence-electron chi connectivity index (χ3n) is 4.46. The summed E-state index contributed by atoms with van der Waals surface area (Å²) in [5.74, 6) is -0.328. The minimum Gasteiger partial charge on any atom is -0.472 e. The number of hydrogen-bond donors (Lipinski definition) is 1. The van der Waals surface area contributed by atoms with E-state index in [9.17, 15) is 14.9 Å². The highest BCUT2D eigenvalue weighted by Crippen LogP contribution is 2.26. The molecular formula is C18H16ClN5O4. The van der Waals surface area contributed by atoms with Gasteiger partial charge >= 0.3 is 0 Å². The predicted molar refractivity (Wildman–Crippen MR) is 99.0 cm³/mol. The van der Waals surface area contributed by atoms with E-state index in [0.717, 1.165) is 0 Å². The average molecular weight is 402 g/mol. The van der Waals surface area contributed by atoms with Crippen molar-refractivity contribution in [3.63, 3.8) is 0 Å². The second-order valence-electron chi connectivity index (χ2n) is 6.31. The summed E-state index contributed by atoms with van der Waals surface area (Å²) in [7, 11) is 0. The van der Waals surface area contributed by atoms with Crippen LogP contribution in [0.1, 0.15) is 41.7 Å². The van der Waals surface area contributed by atoms with Crippen LogP contribution in [0.5, 0.6) is 5.88 Å². The molecule has 1 aliphatic carbocycles. The Morgan fingerprint density at radius 3 is 2.68 bits per heavy atom. The van der Waals surface area contributed by atoms with Crippen LogP contribution in [-0.2, 0) is 0 Å². The number of halogens is 1. The first-order valence-corrected chi connectivity index (χ1v) is 8.98. The van der Waals surface area contributed by atoms with Crippen molar-refractivity contribution in [3.8, 4) is 11.9 Å². The predicted octanol–water partition coefficient (Wildman–Crippen LogP) is 3.03. The number of hydrogen-bond acceptors (Lipinski definition) is 7. The number of aromatic nitrogens is 2. The number of carbonyl (C=O) groups is 1. The quantitative estimate of drug-likeness (QED) is 0.601. The SMILES string of the molecule is N#Cc1nccnc1OC1CCC(NC(=O)c2cc(Cl)ccc2[N+](=O)[O-])CC1. The second kappa shape index (κ2) is 8.63.